The van der Waals surface area contributed by atoms with Crippen molar-refractivity contribution < 1.29 is 14.0 Å². The highest BCUT2D eigenvalue weighted by Crippen LogP contribution is 2.07. The summed E-state index contributed by atoms with van der Waals surface area (Å²) in [6.07, 6.45) is 4.51. The number of hydrogen-bond donors (Lipinski definition) is 3. The summed E-state index contributed by atoms with van der Waals surface area (Å²) in [6.45, 7) is 3.53. The fourth-order valence-electron chi connectivity index (χ4n) is 1.47. The highest BCUT2D eigenvalue weighted by Gasteiger charge is 2.08. The Morgan fingerprint density at radius 3 is 2.62 bits per heavy atom. The van der Waals surface area contributed by atoms with Crippen molar-refractivity contribution in [3.05, 3.63) is 60.8 Å². The first-order valence-electron chi connectivity index (χ1n) is 6.12. The number of hydrazine groups is 1. The number of nitrogens with one attached hydrogen (secondary N) is 3. The van der Waals surface area contributed by atoms with Crippen LogP contribution in [0.1, 0.15) is 16.1 Å². The summed E-state index contributed by atoms with van der Waals surface area (Å²) in [5, 5.41) is 2.49. The Hall–Kier alpha value is -3.09. The molecule has 0 aliphatic rings. The third kappa shape index (κ3) is 4.20. The number of nitrogens with zero attached hydrogens (tertiary/aromatic N) is 1. The predicted molar refractivity (Wildman–Crippen MR) is 75.6 cm³/mol. The minimum atomic E-state index is -0.412. The van der Waals surface area contributed by atoms with E-state index in [1.165, 1.54) is 18.7 Å². The average molecular weight is 286 g/mol. The first-order valence-corrected chi connectivity index (χ1v) is 6.12. The molecule has 2 heterocycles. The van der Waals surface area contributed by atoms with Crippen LogP contribution in [0, 0.1) is 0 Å². The standard InChI is InChI=1S/C14H14N4O3/c1-10(12-3-2-8-21-12)17-18-13(19)9-16-14(20)11-4-6-15-7-5-11/h2-8,17H,1,9H2,(H,16,20)(H,18,19). The fourth-order valence-corrected chi connectivity index (χ4v) is 1.47. The molecular formula is C14H14N4O3. The Labute approximate surface area is 121 Å². The first kappa shape index (κ1) is 14.3. The van der Waals surface area contributed by atoms with Gasteiger partial charge in [0, 0.05) is 18.0 Å². The van der Waals surface area contributed by atoms with Crippen molar-refractivity contribution in [3.8, 4) is 0 Å². The zero-order valence-electron chi connectivity index (χ0n) is 11.1. The lowest BCUT2D eigenvalue weighted by Gasteiger charge is -2.09. The number of aromatic nitrogens is 1. The Morgan fingerprint density at radius 1 is 1.19 bits per heavy atom. The molecule has 7 heteroatoms. The van der Waals surface area contributed by atoms with Crippen molar-refractivity contribution in [2.75, 3.05) is 6.54 Å². The fraction of sp³-hybridized carbons (Fsp3) is 0.0714. The van der Waals surface area contributed by atoms with Crippen LogP contribution in [0.4, 0.5) is 0 Å². The molecule has 0 unspecified atom stereocenters. The van der Waals surface area contributed by atoms with Crippen molar-refractivity contribution in [1.29, 1.82) is 0 Å². The molecule has 2 aromatic rings. The topological polar surface area (TPSA) is 96.3 Å². The van der Waals surface area contributed by atoms with E-state index in [-0.39, 0.29) is 12.5 Å². The molecule has 0 fully saturated rings. The van der Waals surface area contributed by atoms with Gasteiger partial charge in [0.2, 0.25) is 0 Å². The van der Waals surface area contributed by atoms with Gasteiger partial charge < -0.3 is 9.73 Å². The Balaban J connectivity index is 1.73. The van der Waals surface area contributed by atoms with Crippen LogP contribution in [0.25, 0.3) is 5.70 Å². The molecule has 0 saturated carbocycles. The summed E-state index contributed by atoms with van der Waals surface area (Å²) in [6, 6.07) is 6.53. The van der Waals surface area contributed by atoms with Gasteiger partial charge in [-0.1, -0.05) is 6.58 Å². The molecule has 0 atom stereocenters. The van der Waals surface area contributed by atoms with Crippen molar-refractivity contribution in [2.24, 2.45) is 0 Å². The summed E-state index contributed by atoms with van der Waals surface area (Å²) in [5.74, 6) is -0.251. The van der Waals surface area contributed by atoms with Gasteiger partial charge in [-0.15, -0.1) is 0 Å². The van der Waals surface area contributed by atoms with E-state index in [1.54, 1.807) is 24.3 Å². The SMILES string of the molecule is C=C(NNC(=O)CNC(=O)c1ccncc1)c1ccco1. The number of carbonyl (C=O) groups is 2. The number of furan rings is 1. The third-order valence-electron chi connectivity index (χ3n) is 2.52. The van der Waals surface area contributed by atoms with Gasteiger partial charge in [-0.05, 0) is 24.3 Å². The molecule has 108 valence electrons. The molecule has 2 rings (SSSR count). The minimum Gasteiger partial charge on any atom is -0.463 e. The predicted octanol–water partition coefficient (Wildman–Crippen LogP) is 0.696. The van der Waals surface area contributed by atoms with Crippen LogP contribution in [0.15, 0.2) is 53.9 Å². The summed E-state index contributed by atoms with van der Waals surface area (Å²) in [4.78, 5) is 27.1. The lowest BCUT2D eigenvalue weighted by atomic mass is 10.2. The summed E-state index contributed by atoms with van der Waals surface area (Å²) in [5.41, 5.74) is 5.85. The second kappa shape index (κ2) is 6.90. The molecule has 0 aliphatic heterocycles. The zero-order valence-corrected chi connectivity index (χ0v) is 11.1. The molecule has 0 saturated heterocycles. The highest BCUT2D eigenvalue weighted by molar-refractivity contribution is 5.96. The van der Waals surface area contributed by atoms with Crippen LogP contribution in [0.5, 0.6) is 0 Å². The second-order valence-corrected chi connectivity index (χ2v) is 4.05. The maximum Gasteiger partial charge on any atom is 0.257 e. The molecule has 0 aliphatic carbocycles. The maximum atomic E-state index is 11.7. The van der Waals surface area contributed by atoms with E-state index in [0.29, 0.717) is 17.0 Å². The molecule has 0 aromatic carbocycles. The monoisotopic (exact) mass is 286 g/mol. The Bertz CT molecular complexity index is 623. The molecule has 0 bridgehead atoms. The molecule has 7 nitrogen and oxygen atoms in total. The van der Waals surface area contributed by atoms with Gasteiger partial charge in [0.05, 0.1) is 18.5 Å². The van der Waals surface area contributed by atoms with E-state index in [4.69, 9.17) is 4.42 Å². The molecular weight excluding hydrogens is 272 g/mol. The lowest BCUT2D eigenvalue weighted by molar-refractivity contribution is -0.120. The van der Waals surface area contributed by atoms with E-state index in [2.05, 4.69) is 27.7 Å². The van der Waals surface area contributed by atoms with Crippen molar-refractivity contribution in [1.82, 2.24) is 21.2 Å². The summed E-state index contributed by atoms with van der Waals surface area (Å²) in [7, 11) is 0. The quantitative estimate of drug-likeness (QED) is 0.679. The molecule has 2 aromatic heterocycles. The second-order valence-electron chi connectivity index (χ2n) is 4.05. The molecule has 2 amide bonds. The van der Waals surface area contributed by atoms with Crippen molar-refractivity contribution in [2.45, 2.75) is 0 Å². The van der Waals surface area contributed by atoms with Gasteiger partial charge in [-0.25, -0.2) is 0 Å². The van der Waals surface area contributed by atoms with Crippen LogP contribution in [0.2, 0.25) is 0 Å². The van der Waals surface area contributed by atoms with Crippen LogP contribution in [-0.4, -0.2) is 23.3 Å². The number of amides is 2. The van der Waals surface area contributed by atoms with Crippen LogP contribution < -0.4 is 16.2 Å². The van der Waals surface area contributed by atoms with Crippen molar-refractivity contribution >= 4 is 17.5 Å². The van der Waals surface area contributed by atoms with Crippen LogP contribution in [0.3, 0.4) is 0 Å². The molecule has 21 heavy (non-hydrogen) atoms. The van der Waals surface area contributed by atoms with E-state index in [0.717, 1.165) is 0 Å². The largest absolute Gasteiger partial charge is 0.463 e. The highest BCUT2D eigenvalue weighted by atomic mass is 16.3. The van der Waals surface area contributed by atoms with Crippen molar-refractivity contribution in [3.63, 3.8) is 0 Å². The maximum absolute atomic E-state index is 11.7. The number of carbonyl (C=O) groups excluding carboxylic acids is 2. The molecule has 0 spiro atoms. The van der Waals surface area contributed by atoms with Gasteiger partial charge in [0.25, 0.3) is 11.8 Å². The van der Waals surface area contributed by atoms with E-state index >= 15 is 0 Å². The number of pyridine rings is 1. The van der Waals surface area contributed by atoms with Crippen LogP contribution >= 0.6 is 0 Å². The number of rotatable bonds is 6. The van der Waals surface area contributed by atoms with Crippen LogP contribution in [-0.2, 0) is 4.79 Å². The van der Waals surface area contributed by atoms with Gasteiger partial charge in [0.1, 0.15) is 0 Å². The number of hydrogen-bond acceptors (Lipinski definition) is 5. The minimum absolute atomic E-state index is 0.167. The Kier molecular flexibility index (Phi) is 4.70. The zero-order chi connectivity index (χ0) is 15.1. The summed E-state index contributed by atoms with van der Waals surface area (Å²) < 4.78 is 5.09. The first-order chi connectivity index (χ1) is 10.2. The average Bonchev–Trinajstić information content (AvgIpc) is 3.05. The molecule has 3 N–H and O–H groups in total. The van der Waals surface area contributed by atoms with E-state index in [9.17, 15) is 9.59 Å². The van der Waals surface area contributed by atoms with E-state index < -0.39 is 5.91 Å². The lowest BCUT2D eigenvalue weighted by Crippen LogP contribution is -2.42. The van der Waals surface area contributed by atoms with Gasteiger partial charge in [-0.3, -0.25) is 25.4 Å². The third-order valence-corrected chi connectivity index (χ3v) is 2.52. The normalized spacial score (nSPS) is 9.71. The summed E-state index contributed by atoms with van der Waals surface area (Å²) >= 11 is 0. The van der Waals surface area contributed by atoms with Gasteiger partial charge in [-0.2, -0.15) is 0 Å². The molecule has 0 radical (unpaired) electrons. The smallest absolute Gasteiger partial charge is 0.257 e. The van der Waals surface area contributed by atoms with Gasteiger partial charge >= 0.3 is 0 Å². The van der Waals surface area contributed by atoms with E-state index in [1.807, 2.05) is 0 Å². The Morgan fingerprint density at radius 2 is 1.95 bits per heavy atom. The van der Waals surface area contributed by atoms with Gasteiger partial charge in [0.15, 0.2) is 5.76 Å².